The first-order chi connectivity index (χ1) is 10.1. The normalized spacial score (nSPS) is 12.3. The molecule has 0 spiro atoms. The number of halogens is 1. The molecule has 4 nitrogen and oxygen atoms in total. The molecule has 0 bridgehead atoms. The van der Waals surface area contributed by atoms with Gasteiger partial charge in [-0.15, -0.1) is 0 Å². The Morgan fingerprint density at radius 3 is 2.67 bits per heavy atom. The molecule has 3 aromatic rings. The van der Waals surface area contributed by atoms with Crippen molar-refractivity contribution >= 4 is 28.6 Å². The van der Waals surface area contributed by atoms with Gasteiger partial charge in [0, 0.05) is 0 Å². The SMILES string of the molecule is CC(NC(=O)c1ccccc1Cl)c1nc2ccccc2o1. The van der Waals surface area contributed by atoms with Crippen molar-refractivity contribution in [2.75, 3.05) is 0 Å². The van der Waals surface area contributed by atoms with E-state index in [9.17, 15) is 4.79 Å². The van der Waals surface area contributed by atoms with Crippen LogP contribution in [0.25, 0.3) is 11.1 Å². The monoisotopic (exact) mass is 300 g/mol. The van der Waals surface area contributed by atoms with Crippen molar-refractivity contribution in [3.8, 4) is 0 Å². The second-order valence-corrected chi connectivity index (χ2v) is 5.10. The summed E-state index contributed by atoms with van der Waals surface area (Å²) in [6.45, 7) is 1.82. The molecule has 3 rings (SSSR count). The summed E-state index contributed by atoms with van der Waals surface area (Å²) in [7, 11) is 0. The van der Waals surface area contributed by atoms with Crippen LogP contribution in [0.1, 0.15) is 29.2 Å². The van der Waals surface area contributed by atoms with E-state index in [0.29, 0.717) is 22.1 Å². The number of hydrogen-bond acceptors (Lipinski definition) is 3. The molecule has 1 amide bonds. The molecule has 5 heteroatoms. The predicted octanol–water partition coefficient (Wildman–Crippen LogP) is 3.97. The first kappa shape index (κ1) is 13.6. The highest BCUT2D eigenvalue weighted by Gasteiger charge is 2.17. The van der Waals surface area contributed by atoms with Gasteiger partial charge in [0.25, 0.3) is 5.91 Å². The molecular formula is C16H13ClN2O2. The van der Waals surface area contributed by atoms with Crippen molar-refractivity contribution in [3.05, 3.63) is 65.0 Å². The Morgan fingerprint density at radius 2 is 1.90 bits per heavy atom. The van der Waals surface area contributed by atoms with E-state index in [0.717, 1.165) is 5.52 Å². The maximum Gasteiger partial charge on any atom is 0.253 e. The molecule has 1 aromatic heterocycles. The Labute approximate surface area is 126 Å². The van der Waals surface area contributed by atoms with Gasteiger partial charge in [-0.2, -0.15) is 0 Å². The molecule has 0 aliphatic heterocycles. The largest absolute Gasteiger partial charge is 0.438 e. The van der Waals surface area contributed by atoms with Gasteiger partial charge in [-0.1, -0.05) is 35.9 Å². The molecule has 1 heterocycles. The summed E-state index contributed by atoms with van der Waals surface area (Å²) in [5.41, 5.74) is 1.90. The van der Waals surface area contributed by atoms with Crippen LogP contribution in [0.2, 0.25) is 5.02 Å². The third kappa shape index (κ3) is 2.76. The third-order valence-electron chi connectivity index (χ3n) is 3.15. The standard InChI is InChI=1S/C16H13ClN2O2/c1-10(16-19-13-8-4-5-9-14(13)21-16)18-15(20)11-6-2-3-7-12(11)17/h2-10H,1H3,(H,18,20). The van der Waals surface area contributed by atoms with Gasteiger partial charge >= 0.3 is 0 Å². The highest BCUT2D eigenvalue weighted by molar-refractivity contribution is 6.33. The van der Waals surface area contributed by atoms with E-state index >= 15 is 0 Å². The minimum Gasteiger partial charge on any atom is -0.438 e. The summed E-state index contributed by atoms with van der Waals surface area (Å²) in [6, 6.07) is 14.0. The molecule has 0 saturated heterocycles. The van der Waals surface area contributed by atoms with Crippen LogP contribution in [-0.4, -0.2) is 10.9 Å². The summed E-state index contributed by atoms with van der Waals surface area (Å²) >= 11 is 6.01. The molecule has 0 aliphatic carbocycles. The lowest BCUT2D eigenvalue weighted by molar-refractivity contribution is 0.0934. The second-order valence-electron chi connectivity index (χ2n) is 4.69. The van der Waals surface area contributed by atoms with Crippen LogP contribution in [0.4, 0.5) is 0 Å². The number of carbonyl (C=O) groups is 1. The zero-order valence-electron chi connectivity index (χ0n) is 11.3. The molecule has 0 aliphatic rings. The number of fused-ring (bicyclic) bond motifs is 1. The molecule has 21 heavy (non-hydrogen) atoms. The molecule has 0 fully saturated rings. The van der Waals surface area contributed by atoms with E-state index in [1.165, 1.54) is 0 Å². The highest BCUT2D eigenvalue weighted by atomic mass is 35.5. The minimum atomic E-state index is -0.346. The first-order valence-corrected chi connectivity index (χ1v) is 6.94. The van der Waals surface area contributed by atoms with Gasteiger partial charge in [-0.05, 0) is 31.2 Å². The number of nitrogens with one attached hydrogen (secondary N) is 1. The first-order valence-electron chi connectivity index (χ1n) is 6.56. The Bertz CT molecular complexity index is 765. The maximum absolute atomic E-state index is 12.2. The highest BCUT2D eigenvalue weighted by Crippen LogP contribution is 2.21. The summed E-state index contributed by atoms with van der Waals surface area (Å²) < 4.78 is 5.64. The van der Waals surface area contributed by atoms with E-state index in [-0.39, 0.29) is 11.9 Å². The van der Waals surface area contributed by atoms with Gasteiger partial charge in [-0.25, -0.2) is 4.98 Å². The van der Waals surface area contributed by atoms with Crippen LogP contribution >= 0.6 is 11.6 Å². The second kappa shape index (κ2) is 5.58. The van der Waals surface area contributed by atoms with Crippen LogP contribution in [-0.2, 0) is 0 Å². The number of rotatable bonds is 3. The molecule has 0 radical (unpaired) electrons. The molecule has 2 aromatic carbocycles. The Balaban J connectivity index is 1.81. The van der Waals surface area contributed by atoms with Crippen molar-refractivity contribution < 1.29 is 9.21 Å². The average Bonchev–Trinajstić information content (AvgIpc) is 2.91. The third-order valence-corrected chi connectivity index (χ3v) is 3.48. The van der Waals surface area contributed by atoms with E-state index in [4.69, 9.17) is 16.0 Å². The van der Waals surface area contributed by atoms with Crippen LogP contribution < -0.4 is 5.32 Å². The van der Waals surface area contributed by atoms with Crippen LogP contribution in [0.15, 0.2) is 52.9 Å². The van der Waals surface area contributed by atoms with Gasteiger partial charge in [0.05, 0.1) is 10.6 Å². The quantitative estimate of drug-likeness (QED) is 0.796. The lowest BCUT2D eigenvalue weighted by atomic mass is 10.2. The zero-order chi connectivity index (χ0) is 14.8. The van der Waals surface area contributed by atoms with E-state index in [1.807, 2.05) is 31.2 Å². The van der Waals surface area contributed by atoms with Crippen molar-refractivity contribution in [3.63, 3.8) is 0 Å². The number of oxazole rings is 1. The van der Waals surface area contributed by atoms with Crippen molar-refractivity contribution in [1.82, 2.24) is 10.3 Å². The fraction of sp³-hybridized carbons (Fsp3) is 0.125. The smallest absolute Gasteiger partial charge is 0.253 e. The number of amides is 1. The van der Waals surface area contributed by atoms with Crippen LogP contribution in [0.3, 0.4) is 0 Å². The number of hydrogen-bond donors (Lipinski definition) is 1. The van der Waals surface area contributed by atoms with E-state index in [1.54, 1.807) is 24.3 Å². The molecule has 0 saturated carbocycles. The molecule has 1 atom stereocenters. The average molecular weight is 301 g/mol. The molecule has 1 N–H and O–H groups in total. The van der Waals surface area contributed by atoms with Gasteiger partial charge in [0.15, 0.2) is 5.58 Å². The summed E-state index contributed by atoms with van der Waals surface area (Å²) in [4.78, 5) is 16.6. The van der Waals surface area contributed by atoms with Gasteiger partial charge < -0.3 is 9.73 Å². The number of nitrogens with zero attached hydrogens (tertiary/aromatic N) is 1. The van der Waals surface area contributed by atoms with Gasteiger partial charge in [-0.3, -0.25) is 4.79 Å². The van der Waals surface area contributed by atoms with Gasteiger partial charge in [0.2, 0.25) is 5.89 Å². The molecule has 106 valence electrons. The zero-order valence-corrected chi connectivity index (χ0v) is 12.1. The fourth-order valence-corrected chi connectivity index (χ4v) is 2.28. The number of benzene rings is 2. The lowest BCUT2D eigenvalue weighted by Gasteiger charge is -2.11. The summed E-state index contributed by atoms with van der Waals surface area (Å²) in [5.74, 6) is 0.215. The molecule has 1 unspecified atom stereocenters. The van der Waals surface area contributed by atoms with Crippen molar-refractivity contribution in [1.29, 1.82) is 0 Å². The predicted molar refractivity (Wildman–Crippen MR) is 81.3 cm³/mol. The van der Waals surface area contributed by atoms with Crippen LogP contribution in [0.5, 0.6) is 0 Å². The van der Waals surface area contributed by atoms with Crippen molar-refractivity contribution in [2.24, 2.45) is 0 Å². The maximum atomic E-state index is 12.2. The van der Waals surface area contributed by atoms with Crippen molar-refractivity contribution in [2.45, 2.75) is 13.0 Å². The topological polar surface area (TPSA) is 55.1 Å². The number of aromatic nitrogens is 1. The summed E-state index contributed by atoms with van der Waals surface area (Å²) in [6.07, 6.45) is 0. The Kier molecular flexibility index (Phi) is 3.62. The molecular weight excluding hydrogens is 288 g/mol. The van der Waals surface area contributed by atoms with E-state index in [2.05, 4.69) is 10.3 Å². The number of carbonyl (C=O) groups excluding carboxylic acids is 1. The summed E-state index contributed by atoms with van der Waals surface area (Å²) in [5, 5.41) is 3.25. The van der Waals surface area contributed by atoms with E-state index < -0.39 is 0 Å². The fourth-order valence-electron chi connectivity index (χ4n) is 2.06. The lowest BCUT2D eigenvalue weighted by Crippen LogP contribution is -2.27. The van der Waals surface area contributed by atoms with Crippen LogP contribution in [0, 0.1) is 0 Å². The Morgan fingerprint density at radius 1 is 1.19 bits per heavy atom. The minimum absolute atomic E-state index is 0.254. The Hall–Kier alpha value is -2.33. The van der Waals surface area contributed by atoms with Gasteiger partial charge in [0.1, 0.15) is 11.6 Å². The number of para-hydroxylation sites is 2.